The van der Waals surface area contributed by atoms with Crippen LogP contribution in [0.2, 0.25) is 5.15 Å². The summed E-state index contributed by atoms with van der Waals surface area (Å²) in [6, 6.07) is 1.81. The molecule has 0 saturated carbocycles. The Kier molecular flexibility index (Phi) is 3.92. The molecule has 0 spiro atoms. The second-order valence-corrected chi connectivity index (χ2v) is 7.13. The van der Waals surface area contributed by atoms with Crippen LogP contribution in [0.15, 0.2) is 11.4 Å². The van der Waals surface area contributed by atoms with Crippen molar-refractivity contribution in [2.75, 3.05) is 0 Å². The molecule has 0 amide bonds. The fourth-order valence-electron chi connectivity index (χ4n) is 1.57. The molecule has 102 valence electrons. The van der Waals surface area contributed by atoms with Crippen LogP contribution in [0.5, 0.6) is 0 Å². The van der Waals surface area contributed by atoms with E-state index in [4.69, 9.17) is 11.6 Å². The monoisotopic (exact) mass is 295 g/mol. The summed E-state index contributed by atoms with van der Waals surface area (Å²) in [5.74, 6) is 0.933. The van der Waals surface area contributed by atoms with E-state index in [0.29, 0.717) is 16.9 Å². The van der Waals surface area contributed by atoms with Crippen molar-refractivity contribution in [3.05, 3.63) is 27.3 Å². The zero-order valence-corrected chi connectivity index (χ0v) is 13.4. The first kappa shape index (κ1) is 14.4. The van der Waals surface area contributed by atoms with Crippen LogP contribution in [0, 0.1) is 0 Å². The van der Waals surface area contributed by atoms with Gasteiger partial charge in [0.2, 0.25) is 0 Å². The molecule has 2 aromatic rings. The molecule has 0 atom stereocenters. The van der Waals surface area contributed by atoms with Gasteiger partial charge in [-0.05, 0) is 12.0 Å². The number of rotatable bonds is 2. The third kappa shape index (κ3) is 3.31. The summed E-state index contributed by atoms with van der Waals surface area (Å²) in [7, 11) is 0. The van der Waals surface area contributed by atoms with Crippen molar-refractivity contribution in [3.63, 3.8) is 0 Å². The van der Waals surface area contributed by atoms with Gasteiger partial charge in [-0.2, -0.15) is 0 Å². The second-order valence-electron chi connectivity index (χ2n) is 5.88. The predicted molar refractivity (Wildman–Crippen MR) is 80.9 cm³/mol. The number of aromatic nitrogens is 3. The summed E-state index contributed by atoms with van der Waals surface area (Å²) < 4.78 is 0. The number of hydrogen-bond acceptors (Lipinski definition) is 4. The van der Waals surface area contributed by atoms with E-state index in [-0.39, 0.29) is 5.41 Å². The molecule has 2 rings (SSSR count). The van der Waals surface area contributed by atoms with E-state index in [1.165, 1.54) is 0 Å². The van der Waals surface area contributed by atoms with Gasteiger partial charge in [0.15, 0.2) is 5.82 Å². The van der Waals surface area contributed by atoms with Crippen LogP contribution in [0.25, 0.3) is 11.5 Å². The lowest BCUT2D eigenvalue weighted by Crippen LogP contribution is -2.10. The topological polar surface area (TPSA) is 38.7 Å². The van der Waals surface area contributed by atoms with E-state index in [1.807, 2.05) is 11.4 Å². The van der Waals surface area contributed by atoms with Crippen LogP contribution in [0.3, 0.4) is 0 Å². The maximum absolute atomic E-state index is 6.07. The summed E-state index contributed by atoms with van der Waals surface area (Å²) >= 11 is 7.70. The predicted octanol–water partition coefficient (Wildman–Crippen LogP) is 4.67. The first-order valence-electron chi connectivity index (χ1n) is 6.28. The Bertz CT molecular complexity index is 585. The van der Waals surface area contributed by atoms with Crippen molar-refractivity contribution in [2.24, 2.45) is 0 Å². The Morgan fingerprint density at radius 3 is 2.37 bits per heavy atom. The van der Waals surface area contributed by atoms with Gasteiger partial charge in [-0.1, -0.05) is 46.2 Å². The molecule has 0 aliphatic rings. The minimum Gasteiger partial charge on any atom is -0.237 e. The average molecular weight is 296 g/mol. The van der Waals surface area contributed by atoms with Gasteiger partial charge in [0.1, 0.15) is 10.8 Å². The van der Waals surface area contributed by atoms with Gasteiger partial charge in [-0.25, -0.2) is 15.0 Å². The Hall–Kier alpha value is -1.00. The third-order valence-electron chi connectivity index (χ3n) is 2.68. The van der Waals surface area contributed by atoms with E-state index in [1.54, 1.807) is 11.3 Å². The van der Waals surface area contributed by atoms with Crippen LogP contribution in [0.4, 0.5) is 0 Å². The smallest absolute Gasteiger partial charge is 0.180 e. The van der Waals surface area contributed by atoms with E-state index in [0.717, 1.165) is 16.4 Å². The summed E-state index contributed by atoms with van der Waals surface area (Å²) in [4.78, 5) is 13.5. The molecule has 0 fully saturated rings. The highest BCUT2D eigenvalue weighted by atomic mass is 35.5. The van der Waals surface area contributed by atoms with Crippen LogP contribution in [0.1, 0.15) is 51.2 Å². The zero-order valence-electron chi connectivity index (χ0n) is 11.9. The molecule has 0 aliphatic heterocycles. The lowest BCUT2D eigenvalue weighted by molar-refractivity contribution is 0.586. The van der Waals surface area contributed by atoms with Gasteiger partial charge >= 0.3 is 0 Å². The quantitative estimate of drug-likeness (QED) is 0.755. The van der Waals surface area contributed by atoms with Gasteiger partial charge in [0.25, 0.3) is 0 Å². The summed E-state index contributed by atoms with van der Waals surface area (Å²) in [6.07, 6.45) is 0. The second kappa shape index (κ2) is 5.17. The molecule has 3 nitrogen and oxygen atoms in total. The fourth-order valence-corrected chi connectivity index (χ4v) is 2.64. The minimum atomic E-state index is 0.0440. The number of thiazole rings is 1. The van der Waals surface area contributed by atoms with E-state index < -0.39 is 0 Å². The SMILES string of the molecule is CC(C)c1cc(Cl)nc(-c2csc(C(C)(C)C)n2)n1. The summed E-state index contributed by atoms with van der Waals surface area (Å²) in [6.45, 7) is 10.6. The molecule has 2 heterocycles. The molecule has 0 radical (unpaired) electrons. The standard InChI is InChI=1S/C14H18ClN3S/c1-8(2)9-6-11(15)18-12(16-9)10-7-19-13(17-10)14(3,4)5/h6-8H,1-5H3. The number of halogens is 1. The molecule has 0 aromatic carbocycles. The van der Waals surface area contributed by atoms with E-state index >= 15 is 0 Å². The Morgan fingerprint density at radius 2 is 1.84 bits per heavy atom. The maximum atomic E-state index is 6.07. The molecule has 0 aliphatic carbocycles. The van der Waals surface area contributed by atoms with Gasteiger partial charge in [0.05, 0.1) is 5.01 Å². The molecule has 0 N–H and O–H groups in total. The highest BCUT2D eigenvalue weighted by molar-refractivity contribution is 7.10. The van der Waals surface area contributed by atoms with E-state index in [9.17, 15) is 0 Å². The van der Waals surface area contributed by atoms with Crippen molar-refractivity contribution in [3.8, 4) is 11.5 Å². The number of nitrogens with zero attached hydrogens (tertiary/aromatic N) is 3. The third-order valence-corrected chi connectivity index (χ3v) is 4.14. The molecule has 0 bridgehead atoms. The first-order valence-corrected chi connectivity index (χ1v) is 7.54. The van der Waals surface area contributed by atoms with Crippen LogP contribution < -0.4 is 0 Å². The van der Waals surface area contributed by atoms with Crippen molar-refractivity contribution >= 4 is 22.9 Å². The first-order chi connectivity index (χ1) is 8.77. The summed E-state index contributed by atoms with van der Waals surface area (Å²) in [5, 5.41) is 3.55. The van der Waals surface area contributed by atoms with Crippen molar-refractivity contribution in [1.82, 2.24) is 15.0 Å². The molecule has 19 heavy (non-hydrogen) atoms. The van der Waals surface area contributed by atoms with Crippen LogP contribution in [-0.2, 0) is 5.41 Å². The van der Waals surface area contributed by atoms with Gasteiger partial charge in [0, 0.05) is 16.5 Å². The minimum absolute atomic E-state index is 0.0440. The highest BCUT2D eigenvalue weighted by Crippen LogP contribution is 2.29. The lowest BCUT2D eigenvalue weighted by atomic mass is 9.98. The molecule has 0 saturated heterocycles. The fraction of sp³-hybridized carbons (Fsp3) is 0.500. The largest absolute Gasteiger partial charge is 0.237 e. The maximum Gasteiger partial charge on any atom is 0.180 e. The van der Waals surface area contributed by atoms with Crippen molar-refractivity contribution in [1.29, 1.82) is 0 Å². The Morgan fingerprint density at radius 1 is 1.16 bits per heavy atom. The van der Waals surface area contributed by atoms with E-state index in [2.05, 4.69) is 49.6 Å². The Labute approximate surface area is 123 Å². The highest BCUT2D eigenvalue weighted by Gasteiger charge is 2.19. The van der Waals surface area contributed by atoms with Gasteiger partial charge < -0.3 is 0 Å². The zero-order chi connectivity index (χ0) is 14.2. The van der Waals surface area contributed by atoms with Crippen LogP contribution in [-0.4, -0.2) is 15.0 Å². The van der Waals surface area contributed by atoms with Crippen molar-refractivity contribution < 1.29 is 0 Å². The summed E-state index contributed by atoms with van der Waals surface area (Å²) in [5.41, 5.74) is 1.79. The van der Waals surface area contributed by atoms with Crippen LogP contribution >= 0.6 is 22.9 Å². The molecular formula is C14H18ClN3S. The molecular weight excluding hydrogens is 278 g/mol. The van der Waals surface area contributed by atoms with Crippen molar-refractivity contribution in [2.45, 2.75) is 46.0 Å². The number of hydrogen-bond donors (Lipinski definition) is 0. The average Bonchev–Trinajstić information content (AvgIpc) is 2.76. The normalized spacial score (nSPS) is 12.2. The molecule has 0 unspecified atom stereocenters. The molecule has 2 aromatic heterocycles. The van der Waals surface area contributed by atoms with Gasteiger partial charge in [-0.3, -0.25) is 0 Å². The lowest BCUT2D eigenvalue weighted by Gasteiger charge is -2.13. The van der Waals surface area contributed by atoms with Gasteiger partial charge in [-0.15, -0.1) is 11.3 Å². The Balaban J connectivity index is 2.44. The molecule has 5 heteroatoms.